The molecule has 0 unspecified atom stereocenters. The van der Waals surface area contributed by atoms with E-state index in [0.717, 1.165) is 39.4 Å². The van der Waals surface area contributed by atoms with Gasteiger partial charge in [0.1, 0.15) is 12.2 Å². The lowest BCUT2D eigenvalue weighted by molar-refractivity contribution is 0.776. The monoisotopic (exact) mass is 382 g/mol. The van der Waals surface area contributed by atoms with E-state index in [1.807, 2.05) is 73.4 Å². The molecule has 1 N–H and O–H groups in total. The van der Waals surface area contributed by atoms with Crippen LogP contribution in [0, 0.1) is 6.92 Å². The average molecular weight is 382 g/mol. The van der Waals surface area contributed by atoms with Gasteiger partial charge in [-0.3, -0.25) is 4.68 Å². The minimum Gasteiger partial charge on any atom is -0.324 e. The average Bonchev–Trinajstić information content (AvgIpc) is 3.36. The van der Waals surface area contributed by atoms with E-state index >= 15 is 0 Å². The molecule has 8 heteroatoms. The summed E-state index contributed by atoms with van der Waals surface area (Å²) >= 11 is 0. The molecule has 0 aliphatic rings. The Balaban J connectivity index is 1.47. The van der Waals surface area contributed by atoms with Crippen molar-refractivity contribution in [1.82, 2.24) is 34.5 Å². The summed E-state index contributed by atoms with van der Waals surface area (Å²) in [5.74, 6) is 1.28. The van der Waals surface area contributed by atoms with Crippen LogP contribution in [0.25, 0.3) is 27.8 Å². The van der Waals surface area contributed by atoms with Gasteiger partial charge in [-0.25, -0.2) is 19.6 Å². The first-order valence-electron chi connectivity index (χ1n) is 9.17. The third-order valence-corrected chi connectivity index (χ3v) is 4.70. The summed E-state index contributed by atoms with van der Waals surface area (Å²) in [4.78, 5) is 13.4. The highest BCUT2D eigenvalue weighted by Crippen LogP contribution is 2.27. The highest BCUT2D eigenvalue weighted by Gasteiger charge is 2.10. The maximum absolute atomic E-state index is 4.76. The van der Waals surface area contributed by atoms with Crippen molar-refractivity contribution < 1.29 is 0 Å². The van der Waals surface area contributed by atoms with Crippen molar-refractivity contribution in [3.05, 3.63) is 73.1 Å². The second kappa shape index (κ2) is 6.83. The molecule has 0 radical (unpaired) electrons. The number of hydrogen-bond donors (Lipinski definition) is 1. The second-order valence-electron chi connectivity index (χ2n) is 6.69. The molecular weight excluding hydrogens is 364 g/mol. The number of para-hydroxylation sites is 1. The summed E-state index contributed by atoms with van der Waals surface area (Å²) in [5.41, 5.74) is 4.73. The van der Waals surface area contributed by atoms with Gasteiger partial charge in [-0.1, -0.05) is 18.2 Å². The molecular formula is C21H18N8. The molecule has 0 amide bonds. The molecule has 0 bridgehead atoms. The van der Waals surface area contributed by atoms with Gasteiger partial charge in [0.15, 0.2) is 0 Å². The van der Waals surface area contributed by atoms with Gasteiger partial charge in [0.2, 0.25) is 5.95 Å². The lowest BCUT2D eigenvalue weighted by Crippen LogP contribution is -2.00. The van der Waals surface area contributed by atoms with Crippen LogP contribution in [0.3, 0.4) is 0 Å². The third-order valence-electron chi connectivity index (χ3n) is 4.70. The molecule has 3 heterocycles. The van der Waals surface area contributed by atoms with Crippen molar-refractivity contribution >= 4 is 22.5 Å². The lowest BCUT2D eigenvalue weighted by Gasteiger charge is -2.09. The molecule has 0 aliphatic carbocycles. The maximum Gasteiger partial charge on any atom is 0.227 e. The normalized spacial score (nSPS) is 11.1. The Kier molecular flexibility index (Phi) is 4.02. The van der Waals surface area contributed by atoms with Gasteiger partial charge in [0.25, 0.3) is 0 Å². The molecule has 5 aromatic rings. The van der Waals surface area contributed by atoms with Crippen LogP contribution in [0.4, 0.5) is 11.6 Å². The Morgan fingerprint density at radius 2 is 1.83 bits per heavy atom. The summed E-state index contributed by atoms with van der Waals surface area (Å²) in [5, 5.41) is 12.8. The molecule has 0 atom stereocenters. The molecule has 0 saturated carbocycles. The summed E-state index contributed by atoms with van der Waals surface area (Å²) in [6, 6.07) is 15.9. The highest BCUT2D eigenvalue weighted by molar-refractivity contribution is 5.93. The standard InChI is InChI=1S/C21H18N8/c1-14-23-13-29(27-14)17-8-6-16(7-9-17)25-21-22-12-15-4-3-5-18(20(15)26-21)19-10-11-24-28(19)2/h3-13H,1-2H3,(H,22,25,26). The molecule has 29 heavy (non-hydrogen) atoms. The van der Waals surface area contributed by atoms with Crippen molar-refractivity contribution in [2.24, 2.45) is 7.05 Å². The molecule has 0 spiro atoms. The van der Waals surface area contributed by atoms with E-state index in [-0.39, 0.29) is 0 Å². The van der Waals surface area contributed by atoms with E-state index in [4.69, 9.17) is 4.98 Å². The number of anilines is 2. The number of nitrogens with one attached hydrogen (secondary N) is 1. The SMILES string of the molecule is Cc1ncn(-c2ccc(Nc3ncc4cccc(-c5ccnn5C)c4n3)cc2)n1. The van der Waals surface area contributed by atoms with E-state index in [2.05, 4.69) is 25.5 Å². The summed E-state index contributed by atoms with van der Waals surface area (Å²) in [6.45, 7) is 1.86. The first-order chi connectivity index (χ1) is 14.2. The third kappa shape index (κ3) is 3.20. The minimum atomic E-state index is 0.538. The quantitative estimate of drug-likeness (QED) is 0.510. The molecule has 0 aliphatic heterocycles. The van der Waals surface area contributed by atoms with Gasteiger partial charge in [-0.15, -0.1) is 0 Å². The fourth-order valence-corrected chi connectivity index (χ4v) is 3.26. The molecule has 142 valence electrons. The summed E-state index contributed by atoms with van der Waals surface area (Å²) in [7, 11) is 1.92. The summed E-state index contributed by atoms with van der Waals surface area (Å²) < 4.78 is 3.58. The molecule has 5 rings (SSSR count). The Bertz CT molecular complexity index is 1300. The largest absolute Gasteiger partial charge is 0.324 e. The predicted octanol–water partition coefficient (Wildman–Crippen LogP) is 3.66. The Hall–Kier alpha value is -4.07. The van der Waals surface area contributed by atoms with Crippen LogP contribution in [0.5, 0.6) is 0 Å². The van der Waals surface area contributed by atoms with E-state index < -0.39 is 0 Å². The Labute approximate surface area is 166 Å². The number of hydrogen-bond acceptors (Lipinski definition) is 6. The van der Waals surface area contributed by atoms with Gasteiger partial charge >= 0.3 is 0 Å². The molecule has 0 saturated heterocycles. The van der Waals surface area contributed by atoms with E-state index in [9.17, 15) is 0 Å². The van der Waals surface area contributed by atoms with Gasteiger partial charge in [-0.2, -0.15) is 10.2 Å². The van der Waals surface area contributed by atoms with Crippen molar-refractivity contribution in [2.45, 2.75) is 6.92 Å². The number of benzene rings is 2. The second-order valence-corrected chi connectivity index (χ2v) is 6.69. The zero-order valence-electron chi connectivity index (χ0n) is 16.0. The maximum atomic E-state index is 4.76. The smallest absolute Gasteiger partial charge is 0.227 e. The predicted molar refractivity (Wildman–Crippen MR) is 111 cm³/mol. The van der Waals surface area contributed by atoms with Gasteiger partial charge in [-0.05, 0) is 37.3 Å². The van der Waals surface area contributed by atoms with Gasteiger partial charge in [0, 0.05) is 36.1 Å². The number of nitrogens with zero attached hydrogens (tertiary/aromatic N) is 7. The minimum absolute atomic E-state index is 0.538. The van der Waals surface area contributed by atoms with Crippen molar-refractivity contribution in [3.63, 3.8) is 0 Å². The fraction of sp³-hybridized carbons (Fsp3) is 0.0952. The first kappa shape index (κ1) is 17.1. The van der Waals surface area contributed by atoms with Crippen molar-refractivity contribution in [2.75, 3.05) is 5.32 Å². The van der Waals surface area contributed by atoms with E-state index in [1.165, 1.54) is 0 Å². The van der Waals surface area contributed by atoms with Crippen LogP contribution in [-0.4, -0.2) is 34.5 Å². The number of aromatic nitrogens is 7. The van der Waals surface area contributed by atoms with Crippen LogP contribution < -0.4 is 5.32 Å². The highest BCUT2D eigenvalue weighted by atomic mass is 15.3. The van der Waals surface area contributed by atoms with Gasteiger partial charge in [0.05, 0.1) is 16.9 Å². The van der Waals surface area contributed by atoms with Gasteiger partial charge < -0.3 is 5.32 Å². The number of aryl methyl sites for hydroxylation is 2. The molecule has 3 aromatic heterocycles. The molecule has 8 nitrogen and oxygen atoms in total. The summed E-state index contributed by atoms with van der Waals surface area (Å²) in [6.07, 6.45) is 5.31. The van der Waals surface area contributed by atoms with E-state index in [1.54, 1.807) is 17.2 Å². The van der Waals surface area contributed by atoms with Crippen LogP contribution in [0.2, 0.25) is 0 Å². The number of rotatable bonds is 4. The fourth-order valence-electron chi connectivity index (χ4n) is 3.26. The topological polar surface area (TPSA) is 86.3 Å². The zero-order chi connectivity index (χ0) is 19.8. The van der Waals surface area contributed by atoms with Crippen molar-refractivity contribution in [1.29, 1.82) is 0 Å². The van der Waals surface area contributed by atoms with E-state index in [0.29, 0.717) is 5.95 Å². The van der Waals surface area contributed by atoms with Crippen LogP contribution in [0.1, 0.15) is 5.82 Å². The zero-order valence-corrected chi connectivity index (χ0v) is 16.0. The molecule has 0 fully saturated rings. The Morgan fingerprint density at radius 1 is 0.966 bits per heavy atom. The first-order valence-corrected chi connectivity index (χ1v) is 9.17. The number of fused-ring (bicyclic) bond motifs is 1. The Morgan fingerprint density at radius 3 is 2.55 bits per heavy atom. The van der Waals surface area contributed by atoms with Crippen LogP contribution >= 0.6 is 0 Å². The molecule has 2 aromatic carbocycles. The lowest BCUT2D eigenvalue weighted by atomic mass is 10.1. The van der Waals surface area contributed by atoms with Crippen LogP contribution in [-0.2, 0) is 7.05 Å². The van der Waals surface area contributed by atoms with Crippen LogP contribution in [0.15, 0.2) is 67.3 Å². The van der Waals surface area contributed by atoms with Crippen molar-refractivity contribution in [3.8, 4) is 16.9 Å².